The maximum Gasteiger partial charge on any atom is 0.124 e. The van der Waals surface area contributed by atoms with Crippen LogP contribution in [-0.2, 0) is 0 Å². The molecule has 0 aromatic heterocycles. The van der Waals surface area contributed by atoms with Crippen molar-refractivity contribution in [3.63, 3.8) is 0 Å². The van der Waals surface area contributed by atoms with E-state index in [9.17, 15) is 0 Å². The van der Waals surface area contributed by atoms with E-state index in [2.05, 4.69) is 19.2 Å². The molecular weight excluding hydrogens is 250 g/mol. The molecule has 1 unspecified atom stereocenters. The minimum absolute atomic E-state index is 0.466. The molecule has 0 saturated heterocycles. The van der Waals surface area contributed by atoms with Gasteiger partial charge in [0.05, 0.1) is 14.2 Å². The molecule has 0 fully saturated rings. The maximum absolute atomic E-state index is 5.28. The van der Waals surface area contributed by atoms with Crippen LogP contribution in [0.4, 0.5) is 5.69 Å². The lowest BCUT2D eigenvalue weighted by Gasteiger charge is -2.16. The van der Waals surface area contributed by atoms with Crippen LogP contribution in [0.2, 0.25) is 0 Å². The van der Waals surface area contributed by atoms with E-state index in [1.807, 2.05) is 18.2 Å². The first-order valence-electron chi connectivity index (χ1n) is 7.69. The highest BCUT2D eigenvalue weighted by Crippen LogP contribution is 2.26. The van der Waals surface area contributed by atoms with Gasteiger partial charge in [0.25, 0.3) is 0 Å². The summed E-state index contributed by atoms with van der Waals surface area (Å²) in [5.41, 5.74) is 1.06. The Hall–Kier alpha value is -1.38. The molecule has 1 atom stereocenters. The van der Waals surface area contributed by atoms with Gasteiger partial charge in [-0.3, -0.25) is 0 Å². The molecule has 3 heteroatoms. The number of rotatable bonds is 10. The van der Waals surface area contributed by atoms with E-state index in [-0.39, 0.29) is 0 Å². The molecule has 0 aliphatic carbocycles. The molecule has 0 spiro atoms. The minimum atomic E-state index is 0.466. The van der Waals surface area contributed by atoms with Crippen LogP contribution in [0.25, 0.3) is 0 Å². The van der Waals surface area contributed by atoms with Gasteiger partial charge in [0.2, 0.25) is 0 Å². The van der Waals surface area contributed by atoms with Crippen molar-refractivity contribution in [3.8, 4) is 11.5 Å². The van der Waals surface area contributed by atoms with Crippen LogP contribution >= 0.6 is 0 Å². The van der Waals surface area contributed by atoms with Crippen LogP contribution in [-0.4, -0.2) is 20.3 Å². The minimum Gasteiger partial charge on any atom is -0.497 e. The first-order valence-corrected chi connectivity index (χ1v) is 7.69. The molecule has 0 aliphatic heterocycles. The average Bonchev–Trinajstić information content (AvgIpc) is 2.46. The number of nitrogens with one attached hydrogen (secondary N) is 1. The molecule has 1 rings (SSSR count). The zero-order chi connectivity index (χ0) is 14.8. The predicted molar refractivity (Wildman–Crippen MR) is 86.0 cm³/mol. The van der Waals surface area contributed by atoms with Gasteiger partial charge in [0, 0.05) is 29.9 Å². The summed E-state index contributed by atoms with van der Waals surface area (Å²) in [6, 6.07) is 6.38. The molecule has 0 amide bonds. The summed E-state index contributed by atoms with van der Waals surface area (Å²) >= 11 is 0. The molecule has 20 heavy (non-hydrogen) atoms. The molecule has 1 aromatic carbocycles. The second-order valence-corrected chi connectivity index (χ2v) is 5.35. The van der Waals surface area contributed by atoms with Crippen molar-refractivity contribution in [1.29, 1.82) is 0 Å². The summed E-state index contributed by atoms with van der Waals surface area (Å²) in [6.07, 6.45) is 7.84. The largest absolute Gasteiger partial charge is 0.497 e. The van der Waals surface area contributed by atoms with Crippen molar-refractivity contribution in [2.45, 2.75) is 58.4 Å². The topological polar surface area (TPSA) is 30.5 Å². The second kappa shape index (κ2) is 9.51. The fraction of sp³-hybridized carbons (Fsp3) is 0.647. The van der Waals surface area contributed by atoms with Crippen LogP contribution in [0.5, 0.6) is 11.5 Å². The van der Waals surface area contributed by atoms with E-state index < -0.39 is 0 Å². The van der Waals surface area contributed by atoms with E-state index in [1.165, 1.54) is 38.5 Å². The summed E-state index contributed by atoms with van der Waals surface area (Å²) in [5, 5.41) is 3.52. The summed E-state index contributed by atoms with van der Waals surface area (Å²) in [4.78, 5) is 0. The van der Waals surface area contributed by atoms with Gasteiger partial charge in [-0.1, -0.05) is 39.0 Å². The predicted octanol–water partition coefficient (Wildman–Crippen LogP) is 4.86. The third-order valence-corrected chi connectivity index (χ3v) is 3.51. The quantitative estimate of drug-likeness (QED) is 0.620. The van der Waals surface area contributed by atoms with Crippen molar-refractivity contribution in [1.82, 2.24) is 0 Å². The molecule has 1 N–H and O–H groups in total. The summed E-state index contributed by atoms with van der Waals surface area (Å²) in [7, 11) is 3.35. The number of benzene rings is 1. The molecule has 1 aromatic rings. The first kappa shape index (κ1) is 16.7. The number of ether oxygens (including phenoxy) is 2. The van der Waals surface area contributed by atoms with Crippen molar-refractivity contribution in [2.75, 3.05) is 19.5 Å². The van der Waals surface area contributed by atoms with Crippen LogP contribution in [0.1, 0.15) is 52.4 Å². The van der Waals surface area contributed by atoms with Crippen LogP contribution in [0.3, 0.4) is 0 Å². The van der Waals surface area contributed by atoms with Gasteiger partial charge < -0.3 is 14.8 Å². The maximum atomic E-state index is 5.28. The molecule has 3 nitrogen and oxygen atoms in total. The Bertz CT molecular complexity index is 357. The van der Waals surface area contributed by atoms with E-state index in [4.69, 9.17) is 9.47 Å². The Morgan fingerprint density at radius 1 is 0.950 bits per heavy atom. The molecule has 0 radical (unpaired) electrons. The lowest BCUT2D eigenvalue weighted by Crippen LogP contribution is -2.14. The van der Waals surface area contributed by atoms with Crippen LogP contribution in [0.15, 0.2) is 18.2 Å². The van der Waals surface area contributed by atoms with Gasteiger partial charge >= 0.3 is 0 Å². The lowest BCUT2D eigenvalue weighted by molar-refractivity contribution is 0.394. The monoisotopic (exact) mass is 279 g/mol. The molecule has 0 saturated carbocycles. The van der Waals surface area contributed by atoms with E-state index in [0.29, 0.717) is 6.04 Å². The number of unbranched alkanes of at least 4 members (excludes halogenated alkanes) is 4. The Kier molecular flexibility index (Phi) is 7.93. The number of hydrogen-bond donors (Lipinski definition) is 1. The molecule has 0 aliphatic rings. The van der Waals surface area contributed by atoms with Gasteiger partial charge in [-0.2, -0.15) is 0 Å². The third-order valence-electron chi connectivity index (χ3n) is 3.51. The van der Waals surface area contributed by atoms with E-state index in [1.54, 1.807) is 14.2 Å². The fourth-order valence-electron chi connectivity index (χ4n) is 2.30. The number of methoxy groups -OCH3 is 2. The molecular formula is C17H29NO2. The van der Waals surface area contributed by atoms with Crippen molar-refractivity contribution < 1.29 is 9.47 Å². The summed E-state index contributed by atoms with van der Waals surface area (Å²) in [6.45, 7) is 4.48. The lowest BCUT2D eigenvalue weighted by atomic mass is 10.1. The van der Waals surface area contributed by atoms with Crippen molar-refractivity contribution in [3.05, 3.63) is 18.2 Å². The third kappa shape index (κ3) is 6.18. The zero-order valence-electron chi connectivity index (χ0n) is 13.4. The highest BCUT2D eigenvalue weighted by atomic mass is 16.5. The van der Waals surface area contributed by atoms with E-state index in [0.717, 1.165) is 17.2 Å². The number of anilines is 1. The highest BCUT2D eigenvalue weighted by Gasteiger charge is 2.05. The molecule has 0 heterocycles. The van der Waals surface area contributed by atoms with Crippen LogP contribution < -0.4 is 14.8 Å². The van der Waals surface area contributed by atoms with Gasteiger partial charge in [0.15, 0.2) is 0 Å². The zero-order valence-corrected chi connectivity index (χ0v) is 13.4. The SMILES string of the molecule is CCCCCCCC(C)Nc1cc(OC)cc(OC)c1. The Balaban J connectivity index is 2.42. The normalized spacial score (nSPS) is 12.0. The van der Waals surface area contributed by atoms with Gasteiger partial charge in [-0.05, 0) is 13.3 Å². The van der Waals surface area contributed by atoms with Gasteiger partial charge in [-0.15, -0.1) is 0 Å². The number of hydrogen-bond acceptors (Lipinski definition) is 3. The van der Waals surface area contributed by atoms with Crippen molar-refractivity contribution >= 4 is 5.69 Å². The van der Waals surface area contributed by atoms with E-state index >= 15 is 0 Å². The smallest absolute Gasteiger partial charge is 0.124 e. The summed E-state index contributed by atoms with van der Waals surface area (Å²) < 4.78 is 10.6. The Morgan fingerprint density at radius 3 is 2.10 bits per heavy atom. The summed E-state index contributed by atoms with van der Waals surface area (Å²) in [5.74, 6) is 1.64. The Morgan fingerprint density at radius 2 is 1.55 bits per heavy atom. The fourth-order valence-corrected chi connectivity index (χ4v) is 2.30. The standard InChI is InChI=1S/C17H29NO2/c1-5-6-7-8-9-10-14(2)18-15-11-16(19-3)13-17(12-15)20-4/h11-14,18H,5-10H2,1-4H3. The average molecular weight is 279 g/mol. The molecule has 0 bridgehead atoms. The first-order chi connectivity index (χ1) is 9.69. The molecule has 114 valence electrons. The van der Waals surface area contributed by atoms with Crippen molar-refractivity contribution in [2.24, 2.45) is 0 Å². The van der Waals surface area contributed by atoms with Gasteiger partial charge in [-0.25, -0.2) is 0 Å². The Labute approximate surface area is 123 Å². The highest BCUT2D eigenvalue weighted by molar-refractivity contribution is 5.54. The second-order valence-electron chi connectivity index (χ2n) is 5.35. The van der Waals surface area contributed by atoms with Crippen LogP contribution in [0, 0.1) is 0 Å². The van der Waals surface area contributed by atoms with Gasteiger partial charge in [0.1, 0.15) is 11.5 Å².